The molecule has 15 nitrogen and oxygen atoms in total. The van der Waals surface area contributed by atoms with Gasteiger partial charge in [0.05, 0.1) is 31.0 Å². The van der Waals surface area contributed by atoms with Crippen LogP contribution in [0.5, 0.6) is 0 Å². The summed E-state index contributed by atoms with van der Waals surface area (Å²) >= 11 is 0. The molecule has 2 bridgehead atoms. The lowest BCUT2D eigenvalue weighted by Crippen LogP contribution is -2.61. The van der Waals surface area contributed by atoms with Gasteiger partial charge in [0.2, 0.25) is 5.79 Å². The zero-order valence-electron chi connectivity index (χ0n) is 47.2. The zero-order chi connectivity index (χ0) is 56.2. The minimum Gasteiger partial charge on any atom is -0.460 e. The number of carbonyl (C=O) groups is 5. The topological polar surface area (TPSA) is 205 Å². The van der Waals surface area contributed by atoms with Gasteiger partial charge in [-0.1, -0.05) is 101 Å². The van der Waals surface area contributed by atoms with Gasteiger partial charge in [-0.2, -0.15) is 0 Å². The van der Waals surface area contributed by atoms with Gasteiger partial charge in [0.15, 0.2) is 5.78 Å². The van der Waals surface area contributed by atoms with Crippen LogP contribution in [0.3, 0.4) is 0 Å². The molecule has 4 aliphatic rings. The number of nitrogens with zero attached hydrogens (tertiary/aromatic N) is 1. The highest BCUT2D eigenvalue weighted by Gasteiger charge is 2.53. The van der Waals surface area contributed by atoms with Crippen LogP contribution in [-0.2, 0) is 58.8 Å². The van der Waals surface area contributed by atoms with Crippen molar-refractivity contribution in [2.24, 2.45) is 35.5 Å². The van der Waals surface area contributed by atoms with E-state index in [-0.39, 0.29) is 73.9 Å². The van der Waals surface area contributed by atoms with Crippen LogP contribution in [0, 0.1) is 35.5 Å². The fourth-order valence-corrected chi connectivity index (χ4v) is 11.4. The number of fused-ring (bicyclic) bond motifs is 3. The van der Waals surface area contributed by atoms with Crippen LogP contribution < -0.4 is 0 Å². The molecule has 1 saturated carbocycles. The molecule has 1 aromatic rings. The van der Waals surface area contributed by atoms with E-state index in [2.05, 4.69) is 6.58 Å². The molecule has 2 saturated heterocycles. The predicted molar refractivity (Wildman–Crippen MR) is 294 cm³/mol. The molecule has 3 fully saturated rings. The summed E-state index contributed by atoms with van der Waals surface area (Å²) in [6, 6.07) is 8.81. The molecule has 1 amide bonds. The number of carbonyl (C=O) groups excluding carboxylic acids is 5. The fourth-order valence-electron chi connectivity index (χ4n) is 11.4. The van der Waals surface area contributed by atoms with Crippen molar-refractivity contribution in [2.45, 2.75) is 186 Å². The van der Waals surface area contributed by atoms with Gasteiger partial charge in [-0.3, -0.25) is 19.2 Å². The number of cyclic esters (lactones) is 1. The number of methoxy groups -OCH3 is 2. The Hall–Kier alpha value is -4.45. The Morgan fingerprint density at radius 2 is 1.62 bits per heavy atom. The lowest BCUT2D eigenvalue weighted by atomic mass is 9.78. The van der Waals surface area contributed by atoms with E-state index in [0.29, 0.717) is 76.6 Å². The molecule has 3 N–H and O–H groups in total. The second-order valence-electron chi connectivity index (χ2n) is 22.3. The number of piperidine rings is 1. The molecule has 0 spiro atoms. The molecule has 0 radical (unpaired) electrons. The van der Waals surface area contributed by atoms with Gasteiger partial charge >= 0.3 is 5.97 Å². The minimum absolute atomic E-state index is 0.0299. The van der Waals surface area contributed by atoms with Crippen LogP contribution in [0.25, 0.3) is 0 Å². The first-order chi connectivity index (χ1) is 36.8. The highest BCUT2D eigenvalue weighted by Crippen LogP contribution is 2.38. The Morgan fingerprint density at radius 3 is 2.32 bits per heavy atom. The maximum atomic E-state index is 14.6. The van der Waals surface area contributed by atoms with Crippen molar-refractivity contribution in [3.63, 3.8) is 0 Å². The number of hydrogen-bond donors (Lipinski definition) is 3. The van der Waals surface area contributed by atoms with Crippen LogP contribution in [0.4, 0.5) is 0 Å². The molecule has 1 aliphatic carbocycles. The van der Waals surface area contributed by atoms with Gasteiger partial charge in [-0.25, -0.2) is 4.79 Å². The van der Waals surface area contributed by atoms with Crippen molar-refractivity contribution in [1.82, 2.24) is 4.90 Å². The lowest BCUT2D eigenvalue weighted by molar-refractivity contribution is -0.266. The third kappa shape index (κ3) is 18.0. The molecule has 15 atom stereocenters. The summed E-state index contributed by atoms with van der Waals surface area (Å²) in [6.07, 6.45) is 14.6. The van der Waals surface area contributed by atoms with Gasteiger partial charge in [-0.05, 0) is 125 Å². The standard InChI is InChI=1S/C62H91NO14/c1-10-46-21-14-11-13-20-40(2)53(75-33-29-47-22-15-12-16-23-47)38-49-27-25-45(7)62(71,77-49)59(68)60(69)63-30-18-17-24-50(63)61(70)76-54(42(4)35-48-26-28-52(55(37-48)72-8)74-32-19-31-64)39-51(65)41(3)34-43(5)56(66)58(73-9)57(67)44(6)36-46/h10-16,20-23,34,41-42,44-46,48-50,52-56,58,64,66,71H,1,17-19,24-33,35-39H2,2-9H3/b13-11+,21-14+,40-20+,43-34+/t41-,42-,44-,45-,46-,48+,49+,50?,52-,53?,54+,55-,56-,58-,62-/m1/s1. The van der Waals surface area contributed by atoms with E-state index in [1.807, 2.05) is 74.6 Å². The van der Waals surface area contributed by atoms with Crippen molar-refractivity contribution in [3.05, 3.63) is 96.2 Å². The van der Waals surface area contributed by atoms with E-state index in [9.17, 15) is 39.3 Å². The van der Waals surface area contributed by atoms with Crippen LogP contribution in [-0.4, -0.2) is 145 Å². The number of allylic oxidation sites excluding steroid dienone is 7. The smallest absolute Gasteiger partial charge is 0.329 e. The number of benzene rings is 1. The number of amides is 1. The SMILES string of the molecule is C=C[C@@H]1/C=C/C=C/C=C(\C)C(OCCc2ccccc2)C[C@@H]2CC[C@@H](C)[C@@](O)(O2)C(=O)C(=O)N2CCCCC2C(=O)O[C@H]([C@H](C)C[C@@H]2CC[C@@H](OCCCO)[C@H](OC)C2)CC(=O)[C@H](C)/C=C(\C)[C@@H](O)[C@@H](OC)C(=O)[C@H](C)C1. The summed E-state index contributed by atoms with van der Waals surface area (Å²) in [5, 5.41) is 33.2. The van der Waals surface area contributed by atoms with Crippen molar-refractivity contribution >= 4 is 29.2 Å². The number of aliphatic hydroxyl groups excluding tert-OH is 2. The second kappa shape index (κ2) is 31.4. The Bertz CT molecular complexity index is 2210. The molecule has 15 heteroatoms. The van der Waals surface area contributed by atoms with Crippen LogP contribution in [0.15, 0.2) is 90.6 Å². The van der Waals surface area contributed by atoms with Crippen molar-refractivity contribution in [1.29, 1.82) is 0 Å². The van der Waals surface area contributed by atoms with Gasteiger partial charge in [0, 0.05) is 64.6 Å². The molecule has 77 heavy (non-hydrogen) atoms. The number of esters is 1. The molecule has 428 valence electrons. The maximum Gasteiger partial charge on any atom is 0.329 e. The largest absolute Gasteiger partial charge is 0.460 e. The number of Topliss-reactive ketones (excluding diaryl/α,β-unsaturated/α-hetero) is 3. The van der Waals surface area contributed by atoms with Gasteiger partial charge in [0.1, 0.15) is 30.1 Å². The third-order valence-corrected chi connectivity index (χ3v) is 16.5. The number of rotatable bonds is 14. The summed E-state index contributed by atoms with van der Waals surface area (Å²) in [6.45, 7) is 15.6. The Balaban J connectivity index is 1.48. The number of hydrogen-bond acceptors (Lipinski definition) is 14. The first-order valence-electron chi connectivity index (χ1n) is 28.3. The summed E-state index contributed by atoms with van der Waals surface area (Å²) in [7, 11) is 3.02. The molecular formula is C62H91NO14. The van der Waals surface area contributed by atoms with Gasteiger partial charge in [0.25, 0.3) is 11.7 Å². The second-order valence-corrected chi connectivity index (χ2v) is 22.3. The number of aliphatic hydroxyl groups is 3. The van der Waals surface area contributed by atoms with E-state index < -0.39 is 77.8 Å². The Kier molecular flexibility index (Phi) is 25.8. The van der Waals surface area contributed by atoms with Crippen molar-refractivity contribution in [2.75, 3.05) is 40.6 Å². The van der Waals surface area contributed by atoms with E-state index >= 15 is 0 Å². The number of ether oxygens (including phenoxy) is 6. The molecule has 1 aromatic carbocycles. The van der Waals surface area contributed by atoms with Gasteiger partial charge < -0.3 is 48.6 Å². The average molecular weight is 1070 g/mol. The molecule has 2 unspecified atom stereocenters. The molecule has 3 aliphatic heterocycles. The highest BCUT2D eigenvalue weighted by molar-refractivity contribution is 6.39. The maximum absolute atomic E-state index is 14.6. The molecule has 5 rings (SSSR count). The van der Waals surface area contributed by atoms with Crippen molar-refractivity contribution < 1.29 is 67.7 Å². The van der Waals surface area contributed by atoms with E-state index in [1.54, 1.807) is 47.0 Å². The minimum atomic E-state index is -2.47. The monoisotopic (exact) mass is 1070 g/mol. The normalized spacial score (nSPS) is 35.9. The fraction of sp³-hybridized carbons (Fsp3) is 0.661. The van der Waals surface area contributed by atoms with Crippen molar-refractivity contribution in [3.8, 4) is 0 Å². The van der Waals surface area contributed by atoms with Crippen LogP contribution in [0.1, 0.15) is 131 Å². The predicted octanol–water partition coefficient (Wildman–Crippen LogP) is 8.37. The summed E-state index contributed by atoms with van der Waals surface area (Å²) < 4.78 is 36.8. The van der Waals surface area contributed by atoms with E-state index in [0.717, 1.165) is 24.0 Å². The van der Waals surface area contributed by atoms with Gasteiger partial charge in [-0.15, -0.1) is 6.58 Å². The van der Waals surface area contributed by atoms with Crippen LogP contribution in [0.2, 0.25) is 0 Å². The molecular weight excluding hydrogens is 983 g/mol. The third-order valence-electron chi connectivity index (χ3n) is 16.5. The molecule has 0 aromatic heterocycles. The number of ketones is 3. The zero-order valence-corrected chi connectivity index (χ0v) is 47.2. The van der Waals surface area contributed by atoms with E-state index in [4.69, 9.17) is 28.4 Å². The van der Waals surface area contributed by atoms with Crippen LogP contribution >= 0.6 is 0 Å². The Morgan fingerprint density at radius 1 is 0.870 bits per heavy atom. The average Bonchev–Trinajstić information content (AvgIpc) is 3.42. The molecule has 3 heterocycles. The van der Waals surface area contributed by atoms with E-state index in [1.165, 1.54) is 12.0 Å². The first-order valence-corrected chi connectivity index (χ1v) is 28.3. The quantitative estimate of drug-likeness (QED) is 0.0694. The first kappa shape index (κ1) is 63.4. The Labute approximate surface area is 458 Å². The summed E-state index contributed by atoms with van der Waals surface area (Å²) in [5.74, 6) is -8.40. The lowest BCUT2D eigenvalue weighted by Gasteiger charge is -2.43. The summed E-state index contributed by atoms with van der Waals surface area (Å²) in [4.78, 5) is 73.2. The summed E-state index contributed by atoms with van der Waals surface area (Å²) in [5.41, 5.74) is 2.35. The highest BCUT2D eigenvalue weighted by atomic mass is 16.6.